The van der Waals surface area contributed by atoms with Crippen LogP contribution >= 0.6 is 0 Å². The second-order valence-electron chi connectivity index (χ2n) is 20.0. The van der Waals surface area contributed by atoms with Crippen molar-refractivity contribution < 1.29 is 33.3 Å². The summed E-state index contributed by atoms with van der Waals surface area (Å²) in [5.41, 5.74) is 5.39. The molecule has 2 amide bonds. The van der Waals surface area contributed by atoms with E-state index in [4.69, 9.17) is 23.7 Å². The SMILES string of the molecule is CN[C@@H](C)C(=O)N[C@H](C(=O)N1CC[C@@H]2CCN(CCc3ccc(OCCOCCOCCOc4cc(Nc5cc(-c6cc(C#N)ccc6OC)ccn5)ccc4N4CCN(C)CC4)cc3)C[C@@H]21)C1CCCCC1. The number of rotatable bonds is 24. The topological polar surface area (TPSA) is 166 Å². The molecule has 16 nitrogen and oxygen atoms in total. The number of piperazine rings is 1. The highest BCUT2D eigenvalue weighted by Crippen LogP contribution is 2.37. The van der Waals surface area contributed by atoms with Crippen molar-refractivity contribution in [1.82, 2.24) is 30.3 Å². The van der Waals surface area contributed by atoms with E-state index in [-0.39, 0.29) is 29.8 Å². The van der Waals surface area contributed by atoms with Gasteiger partial charge in [0.1, 0.15) is 42.3 Å². The third-order valence-corrected chi connectivity index (χ3v) is 15.2. The van der Waals surface area contributed by atoms with E-state index in [1.54, 1.807) is 26.4 Å². The quantitative estimate of drug-likeness (QED) is 0.0631. The van der Waals surface area contributed by atoms with E-state index in [0.29, 0.717) is 62.7 Å². The summed E-state index contributed by atoms with van der Waals surface area (Å²) in [6.45, 7) is 11.8. The molecule has 8 rings (SSSR count). The number of fused-ring (bicyclic) bond motifs is 1. The maximum absolute atomic E-state index is 14.3. The fourth-order valence-electron chi connectivity index (χ4n) is 10.7. The van der Waals surface area contributed by atoms with Gasteiger partial charge in [-0.15, -0.1) is 0 Å². The van der Waals surface area contributed by atoms with Crippen LogP contribution < -0.4 is 35.1 Å². The van der Waals surface area contributed by atoms with Gasteiger partial charge < -0.3 is 59.2 Å². The molecule has 4 aromatic rings. The molecule has 4 fully saturated rings. The normalized spacial score (nSPS) is 19.4. The van der Waals surface area contributed by atoms with Gasteiger partial charge in [-0.3, -0.25) is 9.59 Å². The van der Waals surface area contributed by atoms with Crippen molar-refractivity contribution in [3.05, 3.63) is 90.1 Å². The number of nitrogens with zero attached hydrogens (tertiary/aromatic N) is 6. The zero-order valence-corrected chi connectivity index (χ0v) is 43.5. The zero-order chi connectivity index (χ0) is 50.9. The maximum Gasteiger partial charge on any atom is 0.245 e. The molecule has 4 atom stereocenters. The molecule has 4 heterocycles. The van der Waals surface area contributed by atoms with Crippen molar-refractivity contribution in [3.63, 3.8) is 0 Å². The van der Waals surface area contributed by atoms with Gasteiger partial charge in [-0.25, -0.2) is 4.98 Å². The van der Waals surface area contributed by atoms with Crippen molar-refractivity contribution in [2.24, 2.45) is 11.8 Å². The van der Waals surface area contributed by atoms with Gasteiger partial charge in [0.2, 0.25) is 11.8 Å². The predicted molar refractivity (Wildman–Crippen MR) is 285 cm³/mol. The Hall–Kier alpha value is -5.96. The molecule has 0 unspecified atom stereocenters. The molecule has 16 heteroatoms. The number of methoxy groups -OCH3 is 1. The molecule has 73 heavy (non-hydrogen) atoms. The Morgan fingerprint density at radius 1 is 0.808 bits per heavy atom. The van der Waals surface area contributed by atoms with Crippen molar-refractivity contribution in [2.45, 2.75) is 76.4 Å². The molecule has 3 aliphatic heterocycles. The molecular formula is C57H77N9O7. The zero-order valence-electron chi connectivity index (χ0n) is 43.5. The highest BCUT2D eigenvalue weighted by molar-refractivity contribution is 5.90. The first-order valence-electron chi connectivity index (χ1n) is 26.6. The molecule has 3 aromatic carbocycles. The molecule has 0 spiro atoms. The molecule has 392 valence electrons. The van der Waals surface area contributed by atoms with Gasteiger partial charge in [0.25, 0.3) is 0 Å². The Balaban J connectivity index is 0.736. The standard InChI is InChI=1S/C57H77N9O7/c1-41(59-2)56(67)62-55(45-8-6-5-7-9-45)57(68)66-25-21-44-20-24-64(40-51(44)66)23-19-42-10-14-48(15-11-42)72-34-32-70-30-31-71-33-35-73-53-38-47(13-16-50(53)65-28-26-63(3)27-29-65)61-54-37-46(18-22-60-54)49-36-43(39-58)12-17-52(49)69-4/h10-18,22,36-38,41,44-45,51,55,59H,5-9,19-21,23-35,40H2,1-4H3,(H,60,61)(H,62,67)/t41-,44-,51-,55-/m0/s1. The number of nitriles is 1. The molecule has 3 saturated heterocycles. The molecule has 3 N–H and O–H groups in total. The number of likely N-dealkylation sites (N-methyl/N-ethyl adjacent to an activating group) is 2. The molecule has 1 aliphatic carbocycles. The van der Waals surface area contributed by atoms with Gasteiger partial charge in [0, 0.05) is 75.4 Å². The van der Waals surface area contributed by atoms with Crippen LogP contribution in [0.4, 0.5) is 17.2 Å². The Morgan fingerprint density at radius 2 is 1.55 bits per heavy atom. The van der Waals surface area contributed by atoms with Gasteiger partial charge in [-0.2, -0.15) is 5.26 Å². The van der Waals surface area contributed by atoms with E-state index in [2.05, 4.69) is 71.8 Å². The number of hydrogen-bond acceptors (Lipinski definition) is 14. The number of nitrogens with one attached hydrogen (secondary N) is 3. The Labute approximate surface area is 432 Å². The van der Waals surface area contributed by atoms with Crippen LogP contribution in [0, 0.1) is 23.2 Å². The first-order valence-corrected chi connectivity index (χ1v) is 26.6. The number of likely N-dealkylation sites (tertiary alicyclic amines) is 2. The molecule has 1 aromatic heterocycles. The van der Waals surface area contributed by atoms with Crippen LogP contribution in [-0.2, 0) is 25.5 Å². The largest absolute Gasteiger partial charge is 0.496 e. The van der Waals surface area contributed by atoms with Crippen LogP contribution in [0.15, 0.2) is 79.0 Å². The van der Waals surface area contributed by atoms with Crippen LogP contribution in [0.3, 0.4) is 0 Å². The van der Waals surface area contributed by atoms with Gasteiger partial charge in [0.15, 0.2) is 0 Å². The summed E-state index contributed by atoms with van der Waals surface area (Å²) < 4.78 is 29.7. The van der Waals surface area contributed by atoms with Crippen LogP contribution in [0.2, 0.25) is 0 Å². The lowest BCUT2D eigenvalue weighted by atomic mass is 9.83. The smallest absolute Gasteiger partial charge is 0.245 e. The highest BCUT2D eigenvalue weighted by atomic mass is 16.6. The van der Waals surface area contributed by atoms with E-state index < -0.39 is 6.04 Å². The molecular weight excluding hydrogens is 923 g/mol. The van der Waals surface area contributed by atoms with Crippen LogP contribution in [0.1, 0.15) is 63.0 Å². The van der Waals surface area contributed by atoms with E-state index in [1.165, 1.54) is 12.0 Å². The summed E-state index contributed by atoms with van der Waals surface area (Å²) in [5, 5.41) is 19.2. The monoisotopic (exact) mass is 1000 g/mol. The number of aromatic nitrogens is 1. The third kappa shape index (κ3) is 14.6. The Bertz CT molecular complexity index is 2440. The predicted octanol–water partition coefficient (Wildman–Crippen LogP) is 6.75. The highest BCUT2D eigenvalue weighted by Gasteiger charge is 2.44. The third-order valence-electron chi connectivity index (χ3n) is 15.2. The number of amides is 2. The summed E-state index contributed by atoms with van der Waals surface area (Å²) in [6, 6.07) is 25.4. The number of benzene rings is 3. The number of piperidine rings is 1. The summed E-state index contributed by atoms with van der Waals surface area (Å²) in [5.74, 6) is 3.68. The molecule has 4 aliphatic rings. The number of ether oxygens (including phenoxy) is 5. The number of carbonyl (C=O) groups is 2. The van der Waals surface area contributed by atoms with E-state index >= 15 is 0 Å². The lowest BCUT2D eigenvalue weighted by Crippen LogP contribution is -2.58. The summed E-state index contributed by atoms with van der Waals surface area (Å²) >= 11 is 0. The number of anilines is 3. The lowest BCUT2D eigenvalue weighted by Gasteiger charge is -2.41. The fourth-order valence-corrected chi connectivity index (χ4v) is 10.7. The number of carbonyl (C=O) groups excluding carboxylic acids is 2. The van der Waals surface area contributed by atoms with Crippen molar-refractivity contribution in [1.29, 1.82) is 5.26 Å². The summed E-state index contributed by atoms with van der Waals surface area (Å²) in [4.78, 5) is 41.2. The van der Waals surface area contributed by atoms with E-state index in [0.717, 1.165) is 131 Å². The average Bonchev–Trinajstić information content (AvgIpc) is 3.86. The van der Waals surface area contributed by atoms with E-state index in [9.17, 15) is 14.9 Å². The maximum atomic E-state index is 14.3. The van der Waals surface area contributed by atoms with Crippen molar-refractivity contribution in [3.8, 4) is 34.4 Å². The first kappa shape index (κ1) is 53.3. The first-order chi connectivity index (χ1) is 35.7. The van der Waals surface area contributed by atoms with Crippen molar-refractivity contribution in [2.75, 3.05) is 123 Å². The van der Waals surface area contributed by atoms with Crippen LogP contribution in [-0.4, -0.2) is 163 Å². The minimum absolute atomic E-state index is 0.0933. The van der Waals surface area contributed by atoms with Gasteiger partial charge in [-0.05, 0) is 137 Å². The van der Waals surface area contributed by atoms with Crippen molar-refractivity contribution >= 4 is 29.0 Å². The molecule has 0 bridgehead atoms. The average molecular weight is 1000 g/mol. The lowest BCUT2D eigenvalue weighted by molar-refractivity contribution is -0.140. The second-order valence-corrected chi connectivity index (χ2v) is 20.0. The van der Waals surface area contributed by atoms with Crippen LogP contribution in [0.5, 0.6) is 17.2 Å². The summed E-state index contributed by atoms with van der Waals surface area (Å²) in [6.07, 6.45) is 10.3. The fraction of sp³-hybridized carbons (Fsp3) is 0.544. The number of hydrogen-bond donors (Lipinski definition) is 3. The number of pyridine rings is 1. The summed E-state index contributed by atoms with van der Waals surface area (Å²) in [7, 11) is 5.55. The Kier molecular flexibility index (Phi) is 19.6. The minimum atomic E-state index is -0.442. The second kappa shape index (κ2) is 26.8. The van der Waals surface area contributed by atoms with Gasteiger partial charge in [0.05, 0.1) is 56.9 Å². The molecule has 1 saturated carbocycles. The Morgan fingerprint density at radius 3 is 2.29 bits per heavy atom. The minimum Gasteiger partial charge on any atom is -0.496 e. The molecule has 0 radical (unpaired) electrons. The van der Waals surface area contributed by atoms with Gasteiger partial charge in [-0.1, -0.05) is 31.4 Å². The van der Waals surface area contributed by atoms with Gasteiger partial charge >= 0.3 is 0 Å². The van der Waals surface area contributed by atoms with E-state index in [1.807, 2.05) is 55.5 Å². The van der Waals surface area contributed by atoms with Crippen LogP contribution in [0.25, 0.3) is 11.1 Å².